The summed E-state index contributed by atoms with van der Waals surface area (Å²) in [6, 6.07) is 17.2. The monoisotopic (exact) mass is 357 g/mol. The van der Waals surface area contributed by atoms with Crippen molar-refractivity contribution in [3.63, 3.8) is 0 Å². The minimum Gasteiger partial charge on any atom is -0.343 e. The molecule has 1 aliphatic rings. The largest absolute Gasteiger partial charge is 0.343 e. The number of carbonyl (C=O) groups is 1. The van der Waals surface area contributed by atoms with E-state index in [1.165, 1.54) is 22.6 Å². The quantitative estimate of drug-likeness (QED) is 0.632. The van der Waals surface area contributed by atoms with Gasteiger partial charge in [-0.05, 0) is 12.1 Å². The molecule has 0 radical (unpaired) electrons. The van der Waals surface area contributed by atoms with Gasteiger partial charge in [0.25, 0.3) is 5.91 Å². The summed E-state index contributed by atoms with van der Waals surface area (Å²) in [5.41, 5.74) is 2.38. The Morgan fingerprint density at radius 3 is 2.62 bits per heavy atom. The van der Waals surface area contributed by atoms with Gasteiger partial charge >= 0.3 is 0 Å². The lowest BCUT2D eigenvalue weighted by atomic mass is 10.2. The van der Waals surface area contributed by atoms with Crippen molar-refractivity contribution in [2.75, 3.05) is 26.7 Å². The molecule has 1 heterocycles. The summed E-state index contributed by atoms with van der Waals surface area (Å²) in [5.74, 6) is -0.136. The van der Waals surface area contributed by atoms with Crippen LogP contribution in [0.5, 0.6) is 0 Å². The molecular weight excluding hydrogens is 329 g/mol. The molecule has 26 heavy (non-hydrogen) atoms. The van der Waals surface area contributed by atoms with Crippen LogP contribution >= 0.6 is 0 Å². The van der Waals surface area contributed by atoms with E-state index in [2.05, 4.69) is 29.6 Å². The van der Waals surface area contributed by atoms with Crippen LogP contribution in [-0.2, 0) is 17.9 Å². The number of hydrogen-bond donors (Lipinski definition) is 3. The summed E-state index contributed by atoms with van der Waals surface area (Å²) in [6.07, 6.45) is 1.03. The van der Waals surface area contributed by atoms with Gasteiger partial charge in [-0.15, -0.1) is 0 Å². The molecule has 5 heteroatoms. The Bertz CT molecular complexity index is 705. The number of carbonyl (C=O) groups excluding carboxylic acids is 1. The third kappa shape index (κ3) is 5.64. The van der Waals surface area contributed by atoms with Crippen LogP contribution in [0.1, 0.15) is 17.5 Å². The zero-order valence-electron chi connectivity index (χ0n) is 15.3. The Hall–Kier alpha value is -2.24. The number of quaternary nitrogens is 2. The maximum atomic E-state index is 13.0. The molecule has 1 fully saturated rings. The minimum absolute atomic E-state index is 0.0931. The Morgan fingerprint density at radius 1 is 1.15 bits per heavy atom. The van der Waals surface area contributed by atoms with Gasteiger partial charge in [-0.3, -0.25) is 4.79 Å². The van der Waals surface area contributed by atoms with E-state index >= 15 is 0 Å². The molecule has 2 unspecified atom stereocenters. The van der Waals surface area contributed by atoms with Crippen LogP contribution in [-0.4, -0.2) is 38.6 Å². The normalized spacial score (nSPS) is 20.7. The van der Waals surface area contributed by atoms with Crippen molar-refractivity contribution in [3.8, 4) is 0 Å². The molecule has 0 bridgehead atoms. The number of rotatable bonds is 7. The standard InChI is InChI=1S/C21H26FN3O/c1-24(13-18-7-9-19(22)10-8-18)16-21(26)23-20-11-12-25(15-20)14-17-5-3-2-4-6-17/h2-10,20H,11-16H2,1H3,(H,23,26)/p+2/t20-/m1/s1. The molecular formula is C21H28FN3O+2. The molecule has 0 saturated carbocycles. The number of likely N-dealkylation sites (tertiary alicyclic amines) is 1. The molecule has 4 nitrogen and oxygen atoms in total. The summed E-state index contributed by atoms with van der Waals surface area (Å²) in [4.78, 5) is 14.9. The Balaban J connectivity index is 1.40. The second kappa shape index (κ2) is 8.92. The van der Waals surface area contributed by atoms with E-state index in [4.69, 9.17) is 0 Å². The summed E-state index contributed by atoms with van der Waals surface area (Å²) in [5, 5.41) is 3.18. The minimum atomic E-state index is -0.229. The first-order valence-electron chi connectivity index (χ1n) is 9.31. The summed E-state index contributed by atoms with van der Waals surface area (Å²) in [7, 11) is 1.99. The average molecular weight is 357 g/mol. The number of hydrogen-bond acceptors (Lipinski definition) is 1. The SMILES string of the molecule is C[NH+](CC(=O)N[C@@H]1CC[NH+](Cc2ccccc2)C1)Cc1ccc(F)cc1. The van der Waals surface area contributed by atoms with Gasteiger partial charge in [-0.25, -0.2) is 4.39 Å². The first-order valence-corrected chi connectivity index (χ1v) is 9.31. The Morgan fingerprint density at radius 2 is 1.88 bits per heavy atom. The zero-order valence-corrected chi connectivity index (χ0v) is 15.3. The van der Waals surface area contributed by atoms with Crippen LogP contribution in [0.3, 0.4) is 0 Å². The van der Waals surface area contributed by atoms with E-state index in [1.54, 1.807) is 12.1 Å². The van der Waals surface area contributed by atoms with Crippen molar-refractivity contribution >= 4 is 5.91 Å². The number of amides is 1. The Labute approximate surface area is 154 Å². The topological polar surface area (TPSA) is 38.0 Å². The van der Waals surface area contributed by atoms with Crippen molar-refractivity contribution in [2.24, 2.45) is 0 Å². The van der Waals surface area contributed by atoms with Crippen molar-refractivity contribution in [3.05, 3.63) is 71.5 Å². The van der Waals surface area contributed by atoms with Crippen molar-refractivity contribution in [2.45, 2.75) is 25.6 Å². The van der Waals surface area contributed by atoms with Gasteiger partial charge in [0.2, 0.25) is 0 Å². The molecule has 1 amide bonds. The van der Waals surface area contributed by atoms with Gasteiger partial charge in [0.1, 0.15) is 18.9 Å². The van der Waals surface area contributed by atoms with Gasteiger partial charge in [-0.1, -0.05) is 42.5 Å². The lowest BCUT2D eigenvalue weighted by molar-refractivity contribution is -0.901. The molecule has 1 saturated heterocycles. The molecule has 3 rings (SSSR count). The van der Waals surface area contributed by atoms with Crippen LogP contribution in [0.2, 0.25) is 0 Å². The average Bonchev–Trinajstić information content (AvgIpc) is 3.04. The van der Waals surface area contributed by atoms with E-state index in [1.807, 2.05) is 13.1 Å². The van der Waals surface area contributed by atoms with Crippen LogP contribution in [0, 0.1) is 5.82 Å². The molecule has 3 N–H and O–H groups in total. The van der Waals surface area contributed by atoms with Crippen LogP contribution in [0.15, 0.2) is 54.6 Å². The molecule has 2 aromatic rings. The molecule has 0 aromatic heterocycles. The molecule has 138 valence electrons. The smallest absolute Gasteiger partial charge is 0.275 e. The first-order chi connectivity index (χ1) is 12.6. The first kappa shape index (κ1) is 18.5. The maximum absolute atomic E-state index is 13.0. The summed E-state index contributed by atoms with van der Waals surface area (Å²) >= 11 is 0. The third-order valence-corrected chi connectivity index (χ3v) is 4.92. The van der Waals surface area contributed by atoms with Crippen molar-refractivity contribution in [1.82, 2.24) is 5.32 Å². The lowest BCUT2D eigenvalue weighted by Crippen LogP contribution is -3.09. The molecule has 2 aromatic carbocycles. The molecule has 0 spiro atoms. The van der Waals surface area contributed by atoms with Gasteiger partial charge in [0.05, 0.1) is 26.2 Å². The highest BCUT2D eigenvalue weighted by atomic mass is 19.1. The fraction of sp³-hybridized carbons (Fsp3) is 0.381. The number of likely N-dealkylation sites (N-methyl/N-ethyl adjacent to an activating group) is 1. The second-order valence-corrected chi connectivity index (χ2v) is 7.36. The van der Waals surface area contributed by atoms with Crippen LogP contribution in [0.25, 0.3) is 0 Å². The van der Waals surface area contributed by atoms with E-state index in [0.717, 1.165) is 36.5 Å². The fourth-order valence-corrected chi connectivity index (χ4v) is 3.67. The lowest BCUT2D eigenvalue weighted by Gasteiger charge is -2.16. The maximum Gasteiger partial charge on any atom is 0.275 e. The predicted octanol–water partition coefficient (Wildman–Crippen LogP) is -0.186. The summed E-state index contributed by atoms with van der Waals surface area (Å²) in [6.45, 7) is 4.24. The molecule has 1 aliphatic heterocycles. The van der Waals surface area contributed by atoms with Gasteiger partial charge in [0.15, 0.2) is 6.54 Å². The number of benzene rings is 2. The Kier molecular flexibility index (Phi) is 6.36. The summed E-state index contributed by atoms with van der Waals surface area (Å²) < 4.78 is 13.0. The fourth-order valence-electron chi connectivity index (χ4n) is 3.67. The van der Waals surface area contributed by atoms with E-state index in [0.29, 0.717) is 13.1 Å². The van der Waals surface area contributed by atoms with E-state index in [9.17, 15) is 9.18 Å². The number of halogens is 1. The van der Waals surface area contributed by atoms with Crippen LogP contribution < -0.4 is 15.1 Å². The van der Waals surface area contributed by atoms with Gasteiger partial charge in [-0.2, -0.15) is 0 Å². The van der Waals surface area contributed by atoms with Gasteiger partial charge < -0.3 is 15.1 Å². The number of nitrogens with one attached hydrogen (secondary N) is 3. The van der Waals surface area contributed by atoms with Crippen molar-refractivity contribution in [1.29, 1.82) is 0 Å². The molecule has 0 aliphatic carbocycles. The van der Waals surface area contributed by atoms with Crippen molar-refractivity contribution < 1.29 is 19.0 Å². The van der Waals surface area contributed by atoms with Crippen LogP contribution in [0.4, 0.5) is 4.39 Å². The zero-order chi connectivity index (χ0) is 18.4. The molecule has 3 atom stereocenters. The van der Waals surface area contributed by atoms with E-state index < -0.39 is 0 Å². The highest BCUT2D eigenvalue weighted by Crippen LogP contribution is 2.01. The third-order valence-electron chi connectivity index (χ3n) is 4.92. The highest BCUT2D eigenvalue weighted by molar-refractivity contribution is 5.77. The highest BCUT2D eigenvalue weighted by Gasteiger charge is 2.28. The second-order valence-electron chi connectivity index (χ2n) is 7.36. The van der Waals surface area contributed by atoms with Gasteiger partial charge in [0, 0.05) is 17.5 Å². The van der Waals surface area contributed by atoms with E-state index in [-0.39, 0.29) is 17.8 Å². The predicted molar refractivity (Wildman–Crippen MR) is 99.2 cm³/mol.